The molecule has 102 valence electrons. The van der Waals surface area contributed by atoms with Crippen molar-refractivity contribution in [2.24, 2.45) is 0 Å². The standard InChI is InChI=1S/C15H11O4S/c1-19-15(17)9-6-7-11-13(8-9)20(18)12-5-3-2-4-10(12)14(11)16/h2-7H,8H2,1H3/q-1. The highest BCUT2D eigenvalue weighted by Gasteiger charge is 2.24. The summed E-state index contributed by atoms with van der Waals surface area (Å²) in [6.45, 7) is 0. The Labute approximate surface area is 117 Å². The molecule has 0 bridgehead atoms. The summed E-state index contributed by atoms with van der Waals surface area (Å²) in [5.74, 6) is -0.605. The van der Waals surface area contributed by atoms with E-state index in [1.165, 1.54) is 7.11 Å². The Kier molecular flexibility index (Phi) is 3.06. The molecule has 1 aliphatic carbocycles. The fourth-order valence-corrected chi connectivity index (χ4v) is 3.81. The minimum Gasteiger partial charge on any atom is -0.466 e. The maximum Gasteiger partial charge on any atom is 0.333 e. The predicted molar refractivity (Wildman–Crippen MR) is 74.9 cm³/mol. The van der Waals surface area contributed by atoms with Gasteiger partial charge in [-0.3, -0.25) is 4.79 Å². The summed E-state index contributed by atoms with van der Waals surface area (Å²) in [5, 5.41) is 0. The van der Waals surface area contributed by atoms with E-state index in [-0.39, 0.29) is 12.2 Å². The molecule has 2 aliphatic rings. The number of Topliss-reactive ketones (excluding diaryl/α,β-unsaturated/α-hetero) is 1. The first-order chi connectivity index (χ1) is 9.63. The van der Waals surface area contributed by atoms with E-state index in [1.54, 1.807) is 36.4 Å². The summed E-state index contributed by atoms with van der Waals surface area (Å²) in [4.78, 5) is 24.9. The zero-order valence-electron chi connectivity index (χ0n) is 10.7. The Morgan fingerprint density at radius 2 is 2.00 bits per heavy atom. The van der Waals surface area contributed by atoms with E-state index in [9.17, 15) is 13.8 Å². The first-order valence-corrected chi connectivity index (χ1v) is 7.19. The van der Waals surface area contributed by atoms with E-state index >= 15 is 0 Å². The topological polar surface area (TPSA) is 60.4 Å². The molecule has 20 heavy (non-hydrogen) atoms. The third kappa shape index (κ3) is 1.82. The van der Waals surface area contributed by atoms with Gasteiger partial charge in [-0.1, -0.05) is 36.4 Å². The Morgan fingerprint density at radius 1 is 1.25 bits per heavy atom. The number of esters is 1. The minimum absolute atomic E-state index is 0.143. The van der Waals surface area contributed by atoms with Crippen LogP contribution in [0.4, 0.5) is 0 Å². The van der Waals surface area contributed by atoms with Gasteiger partial charge in [0.25, 0.3) is 0 Å². The summed E-state index contributed by atoms with van der Waals surface area (Å²) in [6, 6.07) is 6.85. The van der Waals surface area contributed by atoms with Crippen molar-refractivity contribution in [3.05, 3.63) is 53.1 Å². The summed E-state index contributed by atoms with van der Waals surface area (Å²) in [6.07, 6.45) is 3.31. The van der Waals surface area contributed by atoms with Crippen molar-refractivity contribution in [3.8, 4) is 0 Å². The lowest BCUT2D eigenvalue weighted by Crippen LogP contribution is -2.26. The van der Waals surface area contributed by atoms with Crippen LogP contribution in [0.25, 0.3) is 0 Å². The van der Waals surface area contributed by atoms with Crippen LogP contribution in [0.2, 0.25) is 0 Å². The van der Waals surface area contributed by atoms with Crippen LogP contribution >= 0.6 is 0 Å². The number of benzene rings is 1. The van der Waals surface area contributed by atoms with E-state index < -0.39 is 16.4 Å². The Hall–Kier alpha value is -2.14. The maximum absolute atomic E-state index is 12.6. The Bertz CT molecular complexity index is 777. The summed E-state index contributed by atoms with van der Waals surface area (Å²) >= 11 is 0. The summed E-state index contributed by atoms with van der Waals surface area (Å²) < 4.78 is 17.2. The number of hydrogen-bond acceptors (Lipinski definition) is 5. The van der Waals surface area contributed by atoms with Crippen molar-refractivity contribution in [2.45, 2.75) is 11.3 Å². The molecule has 3 rings (SSSR count). The van der Waals surface area contributed by atoms with E-state index in [0.717, 1.165) is 0 Å². The average Bonchev–Trinajstić information content (AvgIpc) is 2.51. The lowest BCUT2D eigenvalue weighted by atomic mass is 9.92. The van der Waals surface area contributed by atoms with Crippen LogP contribution < -0.4 is 0 Å². The quantitative estimate of drug-likeness (QED) is 0.449. The molecule has 0 unspecified atom stereocenters. The number of hydrogen-bond donors (Lipinski definition) is 0. The van der Waals surface area contributed by atoms with Crippen molar-refractivity contribution in [1.82, 2.24) is 0 Å². The zero-order chi connectivity index (χ0) is 14.3. The van der Waals surface area contributed by atoms with E-state index in [1.807, 2.05) is 0 Å². The molecule has 0 fully saturated rings. The van der Waals surface area contributed by atoms with Gasteiger partial charge in [0.2, 0.25) is 0 Å². The number of allylic oxidation sites excluding steroid dienone is 3. The third-order valence-electron chi connectivity index (χ3n) is 3.35. The maximum atomic E-state index is 12.6. The number of carbonyl (C=O) groups is 2. The van der Waals surface area contributed by atoms with Crippen LogP contribution in [-0.2, 0) is 24.1 Å². The van der Waals surface area contributed by atoms with Gasteiger partial charge in [-0.15, -0.1) is 9.76 Å². The molecule has 5 heteroatoms. The lowest BCUT2D eigenvalue weighted by molar-refractivity contribution is -0.136. The third-order valence-corrected chi connectivity index (χ3v) is 4.92. The van der Waals surface area contributed by atoms with Gasteiger partial charge in [-0.25, -0.2) is 15.2 Å². The highest BCUT2D eigenvalue weighted by molar-refractivity contribution is 7.85. The molecule has 0 spiro atoms. The fraction of sp³-hybridized carbons (Fsp3) is 0.133. The van der Waals surface area contributed by atoms with E-state index in [0.29, 0.717) is 26.5 Å². The van der Waals surface area contributed by atoms with Gasteiger partial charge in [0.15, 0.2) is 5.78 Å². The normalized spacial score (nSPS) is 17.9. The number of methoxy groups -OCH3 is 1. The number of fused-ring (bicyclic) bond motifs is 2. The first-order valence-electron chi connectivity index (χ1n) is 6.04. The second kappa shape index (κ2) is 4.76. The molecule has 0 saturated carbocycles. The zero-order valence-corrected chi connectivity index (χ0v) is 11.5. The van der Waals surface area contributed by atoms with Gasteiger partial charge in [-0.05, 0) is 6.42 Å². The molecular formula is C15H11O4S-. The Morgan fingerprint density at radius 3 is 2.75 bits per heavy atom. The first kappa shape index (κ1) is 12.9. The lowest BCUT2D eigenvalue weighted by Gasteiger charge is -2.29. The second-order valence-corrected chi connectivity index (χ2v) is 5.93. The van der Waals surface area contributed by atoms with Crippen molar-refractivity contribution < 1.29 is 18.5 Å². The van der Waals surface area contributed by atoms with E-state index in [2.05, 4.69) is 4.74 Å². The predicted octanol–water partition coefficient (Wildman–Crippen LogP) is 1.81. The molecule has 0 N–H and O–H groups in total. The van der Waals surface area contributed by atoms with Crippen molar-refractivity contribution in [3.63, 3.8) is 0 Å². The van der Waals surface area contributed by atoms with Crippen molar-refractivity contribution >= 4 is 27.0 Å². The van der Waals surface area contributed by atoms with Crippen molar-refractivity contribution in [1.29, 1.82) is 0 Å². The van der Waals surface area contributed by atoms with Crippen LogP contribution in [0.3, 0.4) is 0 Å². The summed E-state index contributed by atoms with van der Waals surface area (Å²) in [7, 11) is -0.116. The molecule has 1 aromatic rings. The van der Waals surface area contributed by atoms with Crippen LogP contribution in [0, 0.1) is 0 Å². The molecule has 1 aromatic carbocycles. The number of carbonyl (C=O) groups excluding carboxylic acids is 2. The van der Waals surface area contributed by atoms with Crippen LogP contribution in [-0.4, -0.2) is 23.7 Å². The SMILES string of the molecule is COC(=O)C1=CC=C2C(=O)c3ccccc3[S-](=O)=C2C1. The molecule has 0 atom stereocenters. The van der Waals surface area contributed by atoms with Crippen molar-refractivity contribution in [2.75, 3.05) is 7.11 Å². The molecule has 1 aliphatic heterocycles. The highest BCUT2D eigenvalue weighted by atomic mass is 32.2. The molecule has 4 nitrogen and oxygen atoms in total. The average molecular weight is 287 g/mol. The highest BCUT2D eigenvalue weighted by Crippen LogP contribution is 2.28. The Balaban J connectivity index is 2.19. The van der Waals surface area contributed by atoms with Crippen LogP contribution in [0.1, 0.15) is 16.8 Å². The number of ketones is 1. The minimum atomic E-state index is -1.41. The van der Waals surface area contributed by atoms with Gasteiger partial charge < -0.3 is 8.95 Å². The summed E-state index contributed by atoms with van der Waals surface area (Å²) in [5.41, 5.74) is 1.30. The monoisotopic (exact) mass is 287 g/mol. The molecule has 1 heterocycles. The smallest absolute Gasteiger partial charge is 0.333 e. The van der Waals surface area contributed by atoms with Crippen LogP contribution in [0.5, 0.6) is 0 Å². The van der Waals surface area contributed by atoms with Gasteiger partial charge in [0, 0.05) is 16.7 Å². The molecule has 0 radical (unpaired) electrons. The van der Waals surface area contributed by atoms with Gasteiger partial charge in [0.1, 0.15) is 0 Å². The fourth-order valence-electron chi connectivity index (χ4n) is 2.34. The molecule has 0 aromatic heterocycles. The van der Waals surface area contributed by atoms with E-state index in [4.69, 9.17) is 0 Å². The van der Waals surface area contributed by atoms with Gasteiger partial charge in [-0.2, -0.15) is 0 Å². The number of ether oxygens (including phenoxy) is 1. The van der Waals surface area contributed by atoms with Gasteiger partial charge >= 0.3 is 5.97 Å². The second-order valence-electron chi connectivity index (χ2n) is 4.46. The largest absolute Gasteiger partial charge is 0.466 e. The number of rotatable bonds is 1. The van der Waals surface area contributed by atoms with Crippen LogP contribution in [0.15, 0.2) is 52.5 Å². The molecular weight excluding hydrogens is 276 g/mol. The molecule has 0 amide bonds. The van der Waals surface area contributed by atoms with Gasteiger partial charge in [0.05, 0.1) is 7.11 Å². The molecule has 0 saturated heterocycles.